The molecule has 7 heteroatoms. The van der Waals surface area contributed by atoms with Gasteiger partial charge in [0.2, 0.25) is 5.91 Å². The molecule has 0 aliphatic rings. The summed E-state index contributed by atoms with van der Waals surface area (Å²) in [5.41, 5.74) is -1.00. The zero-order valence-electron chi connectivity index (χ0n) is 10.5. The normalized spacial score (nSPS) is 10.9. The van der Waals surface area contributed by atoms with Crippen molar-refractivity contribution in [1.82, 2.24) is 5.32 Å². The topological polar surface area (TPSA) is 101 Å². The quantitative estimate of drug-likeness (QED) is 0.571. The Morgan fingerprint density at radius 2 is 1.71 bits per heavy atom. The first-order valence-electron chi connectivity index (χ1n) is 4.76. The average Bonchev–Trinajstić information content (AvgIpc) is 1.96. The van der Waals surface area contributed by atoms with Crippen LogP contribution in [0.2, 0.25) is 0 Å². The van der Waals surface area contributed by atoms with Crippen molar-refractivity contribution in [3.05, 3.63) is 12.7 Å². The SMILES string of the molecule is C=CC(=O)NC(C)(C)CS(=O)(=O)O.CC(C)=O. The van der Waals surface area contributed by atoms with E-state index < -0.39 is 27.3 Å². The van der Waals surface area contributed by atoms with Gasteiger partial charge < -0.3 is 10.1 Å². The zero-order chi connectivity index (χ0) is 14.3. The molecule has 2 N–H and O–H groups in total. The van der Waals surface area contributed by atoms with Crippen molar-refractivity contribution in [2.24, 2.45) is 0 Å². The largest absolute Gasteiger partial charge is 0.347 e. The van der Waals surface area contributed by atoms with Crippen molar-refractivity contribution in [1.29, 1.82) is 0 Å². The van der Waals surface area contributed by atoms with Crippen LogP contribution in [0.25, 0.3) is 0 Å². The highest BCUT2D eigenvalue weighted by Gasteiger charge is 2.25. The Morgan fingerprint density at radius 3 is 1.94 bits per heavy atom. The molecule has 100 valence electrons. The van der Waals surface area contributed by atoms with Crippen LogP contribution in [0.1, 0.15) is 27.7 Å². The summed E-state index contributed by atoms with van der Waals surface area (Å²) in [6.45, 7) is 9.25. The highest BCUT2D eigenvalue weighted by Crippen LogP contribution is 2.05. The third kappa shape index (κ3) is 17.4. The molecule has 0 saturated heterocycles. The highest BCUT2D eigenvalue weighted by atomic mass is 32.2. The minimum absolute atomic E-state index is 0.167. The van der Waals surface area contributed by atoms with Crippen LogP contribution in [0.15, 0.2) is 12.7 Å². The summed E-state index contributed by atoms with van der Waals surface area (Å²) in [6, 6.07) is 0. The maximum Gasteiger partial charge on any atom is 0.267 e. The lowest BCUT2D eigenvalue weighted by Crippen LogP contribution is -2.47. The molecule has 0 saturated carbocycles. The number of carbonyl (C=O) groups is 2. The van der Waals surface area contributed by atoms with E-state index in [0.29, 0.717) is 0 Å². The van der Waals surface area contributed by atoms with Crippen LogP contribution in [0, 0.1) is 0 Å². The molecule has 0 rings (SSSR count). The van der Waals surface area contributed by atoms with E-state index in [0.717, 1.165) is 6.08 Å². The van der Waals surface area contributed by atoms with E-state index in [2.05, 4.69) is 11.9 Å². The van der Waals surface area contributed by atoms with E-state index >= 15 is 0 Å². The van der Waals surface area contributed by atoms with E-state index in [1.54, 1.807) is 0 Å². The van der Waals surface area contributed by atoms with Gasteiger partial charge in [0.15, 0.2) is 0 Å². The highest BCUT2D eigenvalue weighted by molar-refractivity contribution is 7.85. The van der Waals surface area contributed by atoms with Gasteiger partial charge in [0.1, 0.15) is 5.78 Å². The van der Waals surface area contributed by atoms with Crippen LogP contribution >= 0.6 is 0 Å². The van der Waals surface area contributed by atoms with Crippen LogP contribution in [0.3, 0.4) is 0 Å². The Kier molecular flexibility index (Phi) is 7.67. The number of rotatable bonds is 4. The summed E-state index contributed by atoms with van der Waals surface area (Å²) in [5, 5.41) is 2.37. The maximum absolute atomic E-state index is 10.8. The first kappa shape index (κ1) is 18.2. The number of nitrogens with one attached hydrogen (secondary N) is 1. The minimum Gasteiger partial charge on any atom is -0.347 e. The van der Waals surface area contributed by atoms with E-state index in [9.17, 15) is 18.0 Å². The first-order valence-corrected chi connectivity index (χ1v) is 6.37. The maximum atomic E-state index is 10.8. The number of Topliss-reactive ketones (excluding diaryl/α,β-unsaturated/α-hetero) is 1. The number of hydrogen-bond acceptors (Lipinski definition) is 4. The number of amides is 1. The molecular formula is C10H19NO5S. The van der Waals surface area contributed by atoms with Crippen LogP contribution in [-0.4, -0.2) is 36.0 Å². The fourth-order valence-electron chi connectivity index (χ4n) is 0.877. The molecule has 0 atom stereocenters. The second-order valence-corrected chi connectivity index (χ2v) is 5.66. The Hall–Kier alpha value is -1.21. The fraction of sp³-hybridized carbons (Fsp3) is 0.600. The number of ketones is 1. The molecule has 0 spiro atoms. The summed E-state index contributed by atoms with van der Waals surface area (Å²) in [7, 11) is -4.08. The van der Waals surface area contributed by atoms with Gasteiger partial charge in [-0.25, -0.2) is 0 Å². The summed E-state index contributed by atoms with van der Waals surface area (Å²) >= 11 is 0. The van der Waals surface area contributed by atoms with Crippen molar-refractivity contribution >= 4 is 21.8 Å². The van der Waals surface area contributed by atoms with E-state index in [-0.39, 0.29) is 5.78 Å². The molecule has 0 fully saturated rings. The van der Waals surface area contributed by atoms with Crippen molar-refractivity contribution in [2.75, 3.05) is 5.75 Å². The number of hydrogen-bond donors (Lipinski definition) is 2. The molecule has 0 bridgehead atoms. The van der Waals surface area contributed by atoms with E-state index in [1.807, 2.05) is 0 Å². The number of carbonyl (C=O) groups excluding carboxylic acids is 2. The molecule has 0 radical (unpaired) electrons. The van der Waals surface area contributed by atoms with Gasteiger partial charge in [-0.15, -0.1) is 0 Å². The van der Waals surface area contributed by atoms with Crippen molar-refractivity contribution < 1.29 is 22.6 Å². The lowest BCUT2D eigenvalue weighted by Gasteiger charge is -2.23. The summed E-state index contributed by atoms with van der Waals surface area (Å²) in [4.78, 5) is 20.3. The van der Waals surface area contributed by atoms with E-state index in [4.69, 9.17) is 4.55 Å². The van der Waals surface area contributed by atoms with Crippen LogP contribution in [0.5, 0.6) is 0 Å². The van der Waals surface area contributed by atoms with Crippen molar-refractivity contribution in [3.8, 4) is 0 Å². The molecule has 0 aromatic carbocycles. The summed E-state index contributed by atoms with van der Waals surface area (Å²) in [6.07, 6.45) is 1.03. The predicted octanol–water partition coefficient (Wildman–Crippen LogP) is 0.550. The first-order chi connectivity index (χ1) is 7.39. The lowest BCUT2D eigenvalue weighted by molar-refractivity contribution is -0.118. The third-order valence-electron chi connectivity index (χ3n) is 1.19. The Balaban J connectivity index is 0. The van der Waals surface area contributed by atoms with Gasteiger partial charge in [-0.2, -0.15) is 8.42 Å². The molecule has 1 amide bonds. The van der Waals surface area contributed by atoms with Gasteiger partial charge in [0.25, 0.3) is 10.1 Å². The minimum atomic E-state index is -4.08. The standard InChI is InChI=1S/C7H13NO4S.C3H6O/c1-4-6(9)8-7(2,3)5-13(10,11)12;1-3(2)4/h4H,1,5H2,2-3H3,(H,8,9)(H,10,11,12);1-2H3. The molecule has 0 heterocycles. The molecule has 0 unspecified atom stereocenters. The van der Waals surface area contributed by atoms with Gasteiger partial charge >= 0.3 is 0 Å². The smallest absolute Gasteiger partial charge is 0.267 e. The summed E-state index contributed by atoms with van der Waals surface area (Å²) < 4.78 is 29.5. The lowest BCUT2D eigenvalue weighted by atomic mass is 10.1. The van der Waals surface area contributed by atoms with Gasteiger partial charge in [-0.3, -0.25) is 9.35 Å². The van der Waals surface area contributed by atoms with Gasteiger partial charge in [0, 0.05) is 0 Å². The zero-order valence-corrected chi connectivity index (χ0v) is 11.3. The Bertz CT molecular complexity index is 380. The summed E-state index contributed by atoms with van der Waals surface area (Å²) in [5.74, 6) is -0.840. The van der Waals surface area contributed by atoms with Gasteiger partial charge in [0.05, 0.1) is 11.3 Å². The average molecular weight is 265 g/mol. The third-order valence-corrected chi connectivity index (χ3v) is 2.28. The fourth-order valence-corrected chi connectivity index (χ4v) is 1.86. The molecule has 0 aromatic rings. The molecule has 0 aromatic heterocycles. The van der Waals surface area contributed by atoms with Crippen molar-refractivity contribution in [2.45, 2.75) is 33.2 Å². The second-order valence-electron chi connectivity index (χ2n) is 4.21. The molecule has 0 aliphatic heterocycles. The Morgan fingerprint density at radius 1 is 1.35 bits per heavy atom. The monoisotopic (exact) mass is 265 g/mol. The Labute approximate surface area is 102 Å². The van der Waals surface area contributed by atoms with Gasteiger partial charge in [-0.05, 0) is 33.8 Å². The molecule has 0 aliphatic carbocycles. The van der Waals surface area contributed by atoms with Crippen LogP contribution < -0.4 is 5.32 Å². The van der Waals surface area contributed by atoms with E-state index in [1.165, 1.54) is 27.7 Å². The van der Waals surface area contributed by atoms with Crippen LogP contribution in [0.4, 0.5) is 0 Å². The van der Waals surface area contributed by atoms with Crippen LogP contribution in [-0.2, 0) is 19.7 Å². The molecular weight excluding hydrogens is 246 g/mol. The van der Waals surface area contributed by atoms with Crippen molar-refractivity contribution in [3.63, 3.8) is 0 Å². The second kappa shape index (κ2) is 7.18. The molecule has 17 heavy (non-hydrogen) atoms. The molecule has 6 nitrogen and oxygen atoms in total. The van der Waals surface area contributed by atoms with Gasteiger partial charge in [-0.1, -0.05) is 6.58 Å². The predicted molar refractivity (Wildman–Crippen MR) is 65.2 cm³/mol.